The maximum Gasteiger partial charge on any atom is 0.161 e. The Hall–Kier alpha value is -1.46. The third-order valence-corrected chi connectivity index (χ3v) is 4.28. The summed E-state index contributed by atoms with van der Waals surface area (Å²) in [7, 11) is 0. The molecule has 0 bridgehead atoms. The van der Waals surface area contributed by atoms with Crippen molar-refractivity contribution in [2.45, 2.75) is 13.8 Å². The van der Waals surface area contributed by atoms with Crippen molar-refractivity contribution in [2.75, 3.05) is 11.4 Å². The third kappa shape index (κ3) is 3.24. The largest absolute Gasteiger partial charge is 0.389 e. The van der Waals surface area contributed by atoms with Crippen LogP contribution in [0.4, 0.5) is 15.8 Å². The Morgan fingerprint density at radius 3 is 2.38 bits per heavy atom. The molecule has 2 N–H and O–H groups in total. The van der Waals surface area contributed by atoms with Gasteiger partial charge >= 0.3 is 0 Å². The molecule has 2 aromatic rings. The van der Waals surface area contributed by atoms with E-state index >= 15 is 0 Å². The van der Waals surface area contributed by atoms with Crippen molar-refractivity contribution >= 4 is 44.5 Å². The molecule has 0 saturated heterocycles. The minimum atomic E-state index is -0.359. The smallest absolute Gasteiger partial charge is 0.161 e. The maximum absolute atomic E-state index is 14.6. The van der Waals surface area contributed by atoms with Gasteiger partial charge in [-0.2, -0.15) is 0 Å². The Bertz CT molecular complexity index is 671. The topological polar surface area (TPSA) is 29.3 Å². The predicted molar refractivity (Wildman–Crippen MR) is 93.8 cm³/mol. The zero-order chi connectivity index (χ0) is 15.6. The summed E-state index contributed by atoms with van der Waals surface area (Å²) in [4.78, 5) is 2.08. The summed E-state index contributed by atoms with van der Waals surface area (Å²) in [6.07, 6.45) is 0. The average Bonchev–Trinajstić information content (AvgIpc) is 2.45. The number of halogens is 2. The molecule has 0 aliphatic carbocycles. The van der Waals surface area contributed by atoms with Crippen molar-refractivity contribution < 1.29 is 4.39 Å². The van der Waals surface area contributed by atoms with E-state index in [-0.39, 0.29) is 10.8 Å². The van der Waals surface area contributed by atoms with E-state index in [1.165, 1.54) is 5.56 Å². The van der Waals surface area contributed by atoms with E-state index in [4.69, 9.17) is 18.0 Å². The molecule has 0 radical (unpaired) electrons. The van der Waals surface area contributed by atoms with Gasteiger partial charge in [-0.3, -0.25) is 0 Å². The highest BCUT2D eigenvalue weighted by molar-refractivity contribution is 9.10. The van der Waals surface area contributed by atoms with Crippen LogP contribution >= 0.6 is 28.1 Å². The highest BCUT2D eigenvalue weighted by atomic mass is 79.9. The summed E-state index contributed by atoms with van der Waals surface area (Å²) < 4.78 is 14.9. The first-order valence-corrected chi connectivity index (χ1v) is 7.77. The summed E-state index contributed by atoms with van der Waals surface area (Å²) in [6.45, 7) is 4.65. The number of aryl methyl sites for hydroxylation is 1. The first-order chi connectivity index (χ1) is 9.95. The molecule has 0 fully saturated rings. The zero-order valence-corrected chi connectivity index (χ0v) is 14.3. The summed E-state index contributed by atoms with van der Waals surface area (Å²) in [5.74, 6) is -0.359. The first-order valence-electron chi connectivity index (χ1n) is 6.57. The minimum absolute atomic E-state index is 0.172. The summed E-state index contributed by atoms with van der Waals surface area (Å²) in [6, 6.07) is 11.4. The third-order valence-electron chi connectivity index (χ3n) is 3.28. The van der Waals surface area contributed by atoms with Crippen molar-refractivity contribution in [1.29, 1.82) is 0 Å². The second kappa shape index (κ2) is 6.54. The number of nitrogens with two attached hydrogens (primary N) is 1. The van der Waals surface area contributed by atoms with E-state index in [2.05, 4.69) is 15.9 Å². The van der Waals surface area contributed by atoms with E-state index in [0.29, 0.717) is 22.3 Å². The summed E-state index contributed by atoms with van der Waals surface area (Å²) in [5.41, 5.74) is 8.70. The first kappa shape index (κ1) is 15.9. The van der Waals surface area contributed by atoms with Crippen LogP contribution < -0.4 is 10.6 Å². The van der Waals surface area contributed by atoms with Gasteiger partial charge in [-0.25, -0.2) is 4.39 Å². The molecular weight excluding hydrogens is 351 g/mol. The van der Waals surface area contributed by atoms with Gasteiger partial charge in [-0.15, -0.1) is 0 Å². The van der Waals surface area contributed by atoms with Gasteiger partial charge in [0.2, 0.25) is 0 Å². The van der Waals surface area contributed by atoms with Gasteiger partial charge in [0.25, 0.3) is 0 Å². The van der Waals surface area contributed by atoms with Crippen LogP contribution in [0.3, 0.4) is 0 Å². The van der Waals surface area contributed by atoms with Crippen LogP contribution in [0.1, 0.15) is 18.1 Å². The number of hydrogen-bond donors (Lipinski definition) is 1. The van der Waals surface area contributed by atoms with Gasteiger partial charge in [0.15, 0.2) is 5.82 Å². The van der Waals surface area contributed by atoms with Crippen molar-refractivity contribution in [3.8, 4) is 0 Å². The van der Waals surface area contributed by atoms with Crippen molar-refractivity contribution in [2.24, 2.45) is 5.73 Å². The lowest BCUT2D eigenvalue weighted by Crippen LogP contribution is -2.19. The van der Waals surface area contributed by atoms with E-state index in [0.717, 1.165) is 5.69 Å². The Balaban J connectivity index is 2.50. The van der Waals surface area contributed by atoms with Crippen LogP contribution in [0.15, 0.2) is 40.9 Å². The molecule has 0 spiro atoms. The average molecular weight is 367 g/mol. The summed E-state index contributed by atoms with van der Waals surface area (Å²) >= 11 is 8.17. The number of hydrogen-bond acceptors (Lipinski definition) is 2. The molecule has 0 unspecified atom stereocenters. The SMILES string of the molecule is CCN(c1ccc(C)cc1)c1ccc(C(N)=S)c(Br)c1F. The number of benzene rings is 2. The number of rotatable bonds is 4. The molecule has 2 nitrogen and oxygen atoms in total. The van der Waals surface area contributed by atoms with Gasteiger partial charge in [-0.1, -0.05) is 29.9 Å². The Morgan fingerprint density at radius 2 is 1.86 bits per heavy atom. The van der Waals surface area contributed by atoms with Gasteiger partial charge in [0.1, 0.15) is 4.99 Å². The normalized spacial score (nSPS) is 10.5. The lowest BCUT2D eigenvalue weighted by molar-refractivity contribution is 0.619. The fourth-order valence-corrected chi connectivity index (χ4v) is 3.00. The molecule has 2 aromatic carbocycles. The molecule has 2 rings (SSSR count). The molecule has 110 valence electrons. The predicted octanol–water partition coefficient (Wildman–Crippen LogP) is 4.69. The highest BCUT2D eigenvalue weighted by Gasteiger charge is 2.17. The quantitative estimate of drug-likeness (QED) is 0.795. The molecule has 0 saturated carbocycles. The minimum Gasteiger partial charge on any atom is -0.389 e. The Labute approximate surface area is 137 Å². The van der Waals surface area contributed by atoms with E-state index in [9.17, 15) is 4.39 Å². The second-order valence-electron chi connectivity index (χ2n) is 4.70. The van der Waals surface area contributed by atoms with Crippen molar-refractivity contribution in [1.82, 2.24) is 0 Å². The Morgan fingerprint density at radius 1 is 1.24 bits per heavy atom. The number of thiocarbonyl (C=S) groups is 1. The second-order valence-corrected chi connectivity index (χ2v) is 5.94. The van der Waals surface area contributed by atoms with Gasteiger partial charge in [0.05, 0.1) is 10.2 Å². The van der Waals surface area contributed by atoms with Crippen LogP contribution in [0.5, 0.6) is 0 Å². The van der Waals surface area contributed by atoms with Gasteiger partial charge in [0, 0.05) is 17.8 Å². The standard InChI is InChI=1S/C16H16BrFN2S/c1-3-20(11-6-4-10(2)5-7-11)13-9-8-12(16(19)21)14(17)15(13)18/h4-9H,3H2,1-2H3,(H2,19,21). The van der Waals surface area contributed by atoms with Crippen LogP contribution in [-0.4, -0.2) is 11.5 Å². The summed E-state index contributed by atoms with van der Waals surface area (Å²) in [5, 5.41) is 0. The molecule has 0 atom stereocenters. The number of nitrogens with zero attached hydrogens (tertiary/aromatic N) is 1. The fraction of sp³-hybridized carbons (Fsp3) is 0.188. The molecule has 0 aliphatic rings. The van der Waals surface area contributed by atoms with Crippen LogP contribution in [0.2, 0.25) is 0 Å². The molecule has 0 heterocycles. The number of anilines is 2. The highest BCUT2D eigenvalue weighted by Crippen LogP contribution is 2.33. The molecule has 0 aliphatic heterocycles. The van der Waals surface area contributed by atoms with Gasteiger partial charge in [-0.05, 0) is 54.0 Å². The van der Waals surface area contributed by atoms with Crippen molar-refractivity contribution in [3.05, 3.63) is 57.8 Å². The monoisotopic (exact) mass is 366 g/mol. The fourth-order valence-electron chi connectivity index (χ4n) is 2.15. The molecular formula is C16H16BrFN2S. The van der Waals surface area contributed by atoms with E-state index < -0.39 is 0 Å². The molecule has 5 heteroatoms. The lowest BCUT2D eigenvalue weighted by atomic mass is 10.1. The lowest BCUT2D eigenvalue weighted by Gasteiger charge is -2.25. The molecule has 21 heavy (non-hydrogen) atoms. The van der Waals surface area contributed by atoms with Crippen molar-refractivity contribution in [3.63, 3.8) is 0 Å². The molecule has 0 aromatic heterocycles. The van der Waals surface area contributed by atoms with Crippen LogP contribution in [0, 0.1) is 12.7 Å². The van der Waals surface area contributed by atoms with Crippen LogP contribution in [0.25, 0.3) is 0 Å². The maximum atomic E-state index is 14.6. The molecule has 0 amide bonds. The van der Waals surface area contributed by atoms with E-state index in [1.807, 2.05) is 43.0 Å². The van der Waals surface area contributed by atoms with Gasteiger partial charge < -0.3 is 10.6 Å². The van der Waals surface area contributed by atoms with Crippen LogP contribution in [-0.2, 0) is 0 Å². The zero-order valence-electron chi connectivity index (χ0n) is 11.9. The Kier molecular flexibility index (Phi) is 4.96. The van der Waals surface area contributed by atoms with E-state index in [1.54, 1.807) is 12.1 Å².